The Hall–Kier alpha value is -1.80. The topological polar surface area (TPSA) is 20.3 Å². The van der Waals surface area contributed by atoms with Gasteiger partial charge in [-0.1, -0.05) is 30.3 Å². The Labute approximate surface area is 117 Å². The molecule has 1 amide bonds. The first-order valence-corrected chi connectivity index (χ1v) is 6.88. The summed E-state index contributed by atoms with van der Waals surface area (Å²) in [6.45, 7) is 0.759. The van der Waals surface area contributed by atoms with E-state index in [9.17, 15) is 4.79 Å². The fourth-order valence-corrected chi connectivity index (χ4v) is 2.62. The maximum Gasteiger partial charge on any atom is 0.258 e. The van der Waals surface area contributed by atoms with E-state index in [-0.39, 0.29) is 5.91 Å². The van der Waals surface area contributed by atoms with Crippen LogP contribution >= 0.6 is 11.6 Å². The summed E-state index contributed by atoms with van der Waals surface area (Å²) in [7, 11) is 0. The van der Waals surface area contributed by atoms with Crippen molar-refractivity contribution in [2.24, 2.45) is 0 Å². The van der Waals surface area contributed by atoms with Crippen molar-refractivity contribution in [2.75, 3.05) is 11.4 Å². The SMILES string of the molecule is O=C(c1ccc(CCl)cc1)N1CCc2ccccc21. The van der Waals surface area contributed by atoms with Crippen LogP contribution in [0, 0.1) is 0 Å². The number of hydrogen-bond donors (Lipinski definition) is 0. The predicted octanol–water partition coefficient (Wildman–Crippen LogP) is 3.63. The van der Waals surface area contributed by atoms with E-state index in [1.54, 1.807) is 0 Å². The molecule has 0 radical (unpaired) electrons. The third-order valence-electron chi connectivity index (χ3n) is 3.49. The van der Waals surface area contributed by atoms with Crippen LogP contribution in [0.4, 0.5) is 5.69 Å². The van der Waals surface area contributed by atoms with Gasteiger partial charge in [0.05, 0.1) is 0 Å². The van der Waals surface area contributed by atoms with Crippen LogP contribution in [0.2, 0.25) is 0 Å². The average Bonchev–Trinajstić information content (AvgIpc) is 2.90. The molecule has 0 spiro atoms. The quantitative estimate of drug-likeness (QED) is 0.764. The van der Waals surface area contributed by atoms with Crippen LogP contribution in [0.15, 0.2) is 48.5 Å². The van der Waals surface area contributed by atoms with Crippen molar-refractivity contribution >= 4 is 23.2 Å². The number of benzene rings is 2. The fourth-order valence-electron chi connectivity index (χ4n) is 2.44. The molecule has 0 unspecified atom stereocenters. The van der Waals surface area contributed by atoms with Gasteiger partial charge < -0.3 is 4.90 Å². The average molecular weight is 272 g/mol. The van der Waals surface area contributed by atoms with Crippen LogP contribution in [-0.4, -0.2) is 12.5 Å². The zero-order valence-corrected chi connectivity index (χ0v) is 11.2. The lowest BCUT2D eigenvalue weighted by Crippen LogP contribution is -2.28. The summed E-state index contributed by atoms with van der Waals surface area (Å²) < 4.78 is 0. The summed E-state index contributed by atoms with van der Waals surface area (Å²) in [5, 5.41) is 0. The Morgan fingerprint density at radius 1 is 1.11 bits per heavy atom. The van der Waals surface area contributed by atoms with Gasteiger partial charge in [0.2, 0.25) is 0 Å². The summed E-state index contributed by atoms with van der Waals surface area (Å²) in [6, 6.07) is 15.6. The van der Waals surface area contributed by atoms with Gasteiger partial charge in [-0.3, -0.25) is 4.79 Å². The summed E-state index contributed by atoms with van der Waals surface area (Å²) >= 11 is 5.76. The molecular formula is C16H14ClNO. The molecule has 2 aromatic rings. The number of para-hydroxylation sites is 1. The molecule has 96 valence electrons. The lowest BCUT2D eigenvalue weighted by atomic mass is 10.1. The highest BCUT2D eigenvalue weighted by atomic mass is 35.5. The molecule has 0 saturated heterocycles. The minimum atomic E-state index is 0.0612. The molecule has 3 rings (SSSR count). The molecule has 0 aliphatic carbocycles. The monoisotopic (exact) mass is 271 g/mol. The Balaban J connectivity index is 1.89. The third-order valence-corrected chi connectivity index (χ3v) is 3.80. The summed E-state index contributed by atoms with van der Waals surface area (Å²) in [5.74, 6) is 0.534. The van der Waals surface area contributed by atoms with E-state index in [1.165, 1.54) is 5.56 Å². The number of anilines is 1. The fraction of sp³-hybridized carbons (Fsp3) is 0.188. The van der Waals surface area contributed by atoms with Gasteiger partial charge in [0.1, 0.15) is 0 Å². The molecule has 1 aliphatic rings. The first kappa shape index (κ1) is 12.2. The van der Waals surface area contributed by atoms with Crippen molar-refractivity contribution in [1.82, 2.24) is 0 Å². The second-order valence-corrected chi connectivity index (χ2v) is 4.93. The first-order chi connectivity index (χ1) is 9.29. The predicted molar refractivity (Wildman–Crippen MR) is 77.8 cm³/mol. The van der Waals surface area contributed by atoms with Crippen LogP contribution in [0.3, 0.4) is 0 Å². The smallest absolute Gasteiger partial charge is 0.258 e. The minimum absolute atomic E-state index is 0.0612. The number of amides is 1. The Bertz CT molecular complexity index is 606. The molecule has 2 aromatic carbocycles. The number of carbonyl (C=O) groups excluding carboxylic acids is 1. The van der Waals surface area contributed by atoms with Crippen molar-refractivity contribution in [3.8, 4) is 0 Å². The van der Waals surface area contributed by atoms with Crippen LogP contribution in [-0.2, 0) is 12.3 Å². The highest BCUT2D eigenvalue weighted by Gasteiger charge is 2.24. The zero-order valence-electron chi connectivity index (χ0n) is 10.5. The number of rotatable bonds is 2. The largest absolute Gasteiger partial charge is 0.308 e. The maximum atomic E-state index is 12.5. The molecule has 0 bridgehead atoms. The van der Waals surface area contributed by atoms with Gasteiger partial charge in [-0.15, -0.1) is 11.6 Å². The van der Waals surface area contributed by atoms with E-state index >= 15 is 0 Å². The van der Waals surface area contributed by atoms with Gasteiger partial charge in [0, 0.05) is 23.7 Å². The molecule has 1 heterocycles. The van der Waals surface area contributed by atoms with Gasteiger partial charge in [-0.25, -0.2) is 0 Å². The normalized spacial score (nSPS) is 13.4. The molecule has 0 atom stereocenters. The molecule has 0 saturated carbocycles. The molecule has 19 heavy (non-hydrogen) atoms. The molecule has 0 fully saturated rings. The zero-order chi connectivity index (χ0) is 13.2. The van der Waals surface area contributed by atoms with Gasteiger partial charge in [0.25, 0.3) is 5.91 Å². The molecule has 0 N–H and O–H groups in total. The van der Waals surface area contributed by atoms with Gasteiger partial charge in [-0.05, 0) is 35.7 Å². The first-order valence-electron chi connectivity index (χ1n) is 6.34. The number of fused-ring (bicyclic) bond motifs is 1. The van der Waals surface area contributed by atoms with E-state index in [0.29, 0.717) is 11.4 Å². The number of hydrogen-bond acceptors (Lipinski definition) is 1. The summed E-state index contributed by atoms with van der Waals surface area (Å²) in [5.41, 5.74) is 4.02. The highest BCUT2D eigenvalue weighted by Crippen LogP contribution is 2.28. The van der Waals surface area contributed by atoms with Crippen LogP contribution in [0.5, 0.6) is 0 Å². The number of alkyl halides is 1. The second-order valence-electron chi connectivity index (χ2n) is 4.67. The van der Waals surface area contributed by atoms with Crippen LogP contribution < -0.4 is 4.90 Å². The van der Waals surface area contributed by atoms with E-state index in [0.717, 1.165) is 24.2 Å². The molecule has 2 nitrogen and oxygen atoms in total. The van der Waals surface area contributed by atoms with Crippen molar-refractivity contribution < 1.29 is 4.79 Å². The second kappa shape index (κ2) is 5.06. The molecule has 3 heteroatoms. The van der Waals surface area contributed by atoms with E-state index < -0.39 is 0 Å². The Morgan fingerprint density at radius 2 is 1.84 bits per heavy atom. The van der Waals surface area contributed by atoms with E-state index in [4.69, 9.17) is 11.6 Å². The number of nitrogens with zero attached hydrogens (tertiary/aromatic N) is 1. The summed E-state index contributed by atoms with van der Waals surface area (Å²) in [6.07, 6.45) is 0.932. The molecule has 1 aliphatic heterocycles. The van der Waals surface area contributed by atoms with E-state index in [2.05, 4.69) is 6.07 Å². The standard InChI is InChI=1S/C16H14ClNO/c17-11-12-5-7-14(8-6-12)16(19)18-10-9-13-3-1-2-4-15(13)18/h1-8H,9-11H2. The Morgan fingerprint density at radius 3 is 2.58 bits per heavy atom. The highest BCUT2D eigenvalue weighted by molar-refractivity contribution is 6.17. The third kappa shape index (κ3) is 2.24. The maximum absolute atomic E-state index is 12.5. The Kier molecular flexibility index (Phi) is 3.26. The van der Waals surface area contributed by atoms with Crippen LogP contribution in [0.1, 0.15) is 21.5 Å². The minimum Gasteiger partial charge on any atom is -0.308 e. The molecule has 0 aromatic heterocycles. The van der Waals surface area contributed by atoms with Crippen molar-refractivity contribution in [3.05, 3.63) is 65.2 Å². The van der Waals surface area contributed by atoms with E-state index in [1.807, 2.05) is 47.4 Å². The number of carbonyl (C=O) groups is 1. The van der Waals surface area contributed by atoms with Gasteiger partial charge >= 0.3 is 0 Å². The van der Waals surface area contributed by atoms with Crippen molar-refractivity contribution in [3.63, 3.8) is 0 Å². The molecular weight excluding hydrogens is 258 g/mol. The summed E-state index contributed by atoms with van der Waals surface area (Å²) in [4.78, 5) is 14.4. The van der Waals surface area contributed by atoms with Gasteiger partial charge in [-0.2, -0.15) is 0 Å². The number of halogens is 1. The van der Waals surface area contributed by atoms with Crippen LogP contribution in [0.25, 0.3) is 0 Å². The van der Waals surface area contributed by atoms with Crippen molar-refractivity contribution in [1.29, 1.82) is 0 Å². The van der Waals surface area contributed by atoms with Gasteiger partial charge in [0.15, 0.2) is 0 Å². The van der Waals surface area contributed by atoms with Crippen molar-refractivity contribution in [2.45, 2.75) is 12.3 Å². The lowest BCUT2D eigenvalue weighted by Gasteiger charge is -2.17. The lowest BCUT2D eigenvalue weighted by molar-refractivity contribution is 0.0989.